The van der Waals surface area contributed by atoms with Gasteiger partial charge in [0.2, 0.25) is 5.75 Å². The van der Waals surface area contributed by atoms with E-state index >= 15 is 0 Å². The Hall–Kier alpha value is -3.34. The molecule has 0 spiro atoms. The van der Waals surface area contributed by atoms with Crippen LogP contribution < -0.4 is 14.2 Å². The molecule has 5 heteroatoms. The summed E-state index contributed by atoms with van der Waals surface area (Å²) in [6.07, 6.45) is 4.05. The average Bonchev–Trinajstić information content (AvgIpc) is 2.99. The van der Waals surface area contributed by atoms with E-state index in [1.807, 2.05) is 30.3 Å². The lowest BCUT2D eigenvalue weighted by molar-refractivity contribution is -0.115. The van der Waals surface area contributed by atoms with Gasteiger partial charge in [-0.25, -0.2) is 0 Å². The summed E-state index contributed by atoms with van der Waals surface area (Å²) in [7, 11) is 3.04. The van der Waals surface area contributed by atoms with Crippen LogP contribution in [0.2, 0.25) is 0 Å². The van der Waals surface area contributed by atoms with E-state index in [4.69, 9.17) is 14.2 Å². The number of ketones is 2. The highest BCUT2D eigenvalue weighted by Crippen LogP contribution is 2.39. The van der Waals surface area contributed by atoms with Crippen LogP contribution in [0.25, 0.3) is 6.08 Å². The molecule has 0 saturated heterocycles. The molecule has 0 heterocycles. The van der Waals surface area contributed by atoms with Crippen molar-refractivity contribution in [1.82, 2.24) is 0 Å². The van der Waals surface area contributed by atoms with Gasteiger partial charge in [-0.1, -0.05) is 30.3 Å². The first kappa shape index (κ1) is 17.5. The van der Waals surface area contributed by atoms with Gasteiger partial charge in [-0.2, -0.15) is 0 Å². The predicted octanol–water partition coefficient (Wildman–Crippen LogP) is 3.37. The van der Waals surface area contributed by atoms with Gasteiger partial charge >= 0.3 is 0 Å². The lowest BCUT2D eigenvalue weighted by Gasteiger charge is -2.15. The number of methoxy groups -OCH3 is 2. The minimum absolute atomic E-state index is 0.118. The molecule has 0 aliphatic heterocycles. The van der Waals surface area contributed by atoms with Gasteiger partial charge in [-0.05, 0) is 41.5 Å². The van der Waals surface area contributed by atoms with E-state index in [1.165, 1.54) is 32.4 Å². The Morgan fingerprint density at radius 3 is 2.00 bits per heavy atom. The maximum absolute atomic E-state index is 11.8. The molecule has 26 heavy (non-hydrogen) atoms. The molecule has 0 atom stereocenters. The molecule has 0 unspecified atom stereocenters. The van der Waals surface area contributed by atoms with Crippen molar-refractivity contribution in [2.75, 3.05) is 14.2 Å². The molecule has 5 nitrogen and oxygen atoms in total. The van der Waals surface area contributed by atoms with Crippen LogP contribution in [0.3, 0.4) is 0 Å². The van der Waals surface area contributed by atoms with Crippen LogP contribution in [0.15, 0.2) is 60.2 Å². The fourth-order valence-electron chi connectivity index (χ4n) is 2.62. The SMILES string of the molecule is COc1cc(C=C2C(=O)C=CC2=O)cc(OC)c1OCc1ccccc1. The molecule has 1 aliphatic rings. The summed E-state index contributed by atoms with van der Waals surface area (Å²) in [6.45, 7) is 0.356. The third kappa shape index (κ3) is 3.67. The van der Waals surface area contributed by atoms with E-state index in [2.05, 4.69) is 0 Å². The topological polar surface area (TPSA) is 61.8 Å². The molecule has 0 bridgehead atoms. The standard InChI is InChI=1S/C21H18O5/c1-24-19-11-15(10-16-17(22)8-9-18(16)23)12-20(25-2)21(19)26-13-14-6-4-3-5-7-14/h3-12H,13H2,1-2H3. The number of benzene rings is 2. The average molecular weight is 350 g/mol. The second kappa shape index (κ2) is 7.70. The number of allylic oxidation sites excluding steroid dienone is 3. The van der Waals surface area contributed by atoms with Crippen molar-refractivity contribution in [2.24, 2.45) is 0 Å². The first-order chi connectivity index (χ1) is 12.6. The van der Waals surface area contributed by atoms with Crippen molar-refractivity contribution >= 4 is 17.6 Å². The molecule has 1 aliphatic carbocycles. The van der Waals surface area contributed by atoms with E-state index in [9.17, 15) is 9.59 Å². The monoisotopic (exact) mass is 350 g/mol. The molecule has 132 valence electrons. The predicted molar refractivity (Wildman–Crippen MR) is 97.5 cm³/mol. The number of rotatable bonds is 6. The van der Waals surface area contributed by atoms with E-state index in [1.54, 1.807) is 12.1 Å². The van der Waals surface area contributed by atoms with Gasteiger partial charge in [0.25, 0.3) is 0 Å². The van der Waals surface area contributed by atoms with Crippen LogP contribution >= 0.6 is 0 Å². The van der Waals surface area contributed by atoms with Gasteiger partial charge in [0.1, 0.15) is 6.61 Å². The highest BCUT2D eigenvalue weighted by Gasteiger charge is 2.21. The second-order valence-corrected chi connectivity index (χ2v) is 5.65. The van der Waals surface area contributed by atoms with Crippen molar-refractivity contribution in [2.45, 2.75) is 6.61 Å². The molecule has 0 fully saturated rings. The zero-order valence-corrected chi connectivity index (χ0v) is 14.5. The maximum Gasteiger partial charge on any atom is 0.203 e. The van der Waals surface area contributed by atoms with Crippen molar-refractivity contribution in [3.63, 3.8) is 0 Å². The number of ether oxygens (including phenoxy) is 3. The van der Waals surface area contributed by atoms with Gasteiger partial charge in [-0.15, -0.1) is 0 Å². The van der Waals surface area contributed by atoms with Crippen molar-refractivity contribution in [3.8, 4) is 17.2 Å². The van der Waals surface area contributed by atoms with Gasteiger partial charge in [0, 0.05) is 0 Å². The fourth-order valence-corrected chi connectivity index (χ4v) is 2.62. The summed E-state index contributed by atoms with van der Waals surface area (Å²) >= 11 is 0. The van der Waals surface area contributed by atoms with Crippen molar-refractivity contribution in [3.05, 3.63) is 71.3 Å². The van der Waals surface area contributed by atoms with E-state index in [0.717, 1.165) is 5.56 Å². The third-order valence-electron chi connectivity index (χ3n) is 3.94. The van der Waals surface area contributed by atoms with E-state index in [-0.39, 0.29) is 17.1 Å². The Bertz CT molecular complexity index is 849. The number of carbonyl (C=O) groups is 2. The van der Waals surface area contributed by atoms with Crippen LogP contribution in [0.4, 0.5) is 0 Å². The zero-order valence-electron chi connectivity index (χ0n) is 14.5. The van der Waals surface area contributed by atoms with Crippen LogP contribution in [-0.2, 0) is 16.2 Å². The smallest absolute Gasteiger partial charge is 0.203 e. The minimum Gasteiger partial charge on any atom is -0.493 e. The summed E-state index contributed by atoms with van der Waals surface area (Å²) in [6, 6.07) is 13.1. The third-order valence-corrected chi connectivity index (χ3v) is 3.94. The van der Waals surface area contributed by atoms with Crippen LogP contribution in [0, 0.1) is 0 Å². The summed E-state index contributed by atoms with van der Waals surface area (Å²) in [5.41, 5.74) is 1.74. The Morgan fingerprint density at radius 1 is 0.885 bits per heavy atom. The number of carbonyl (C=O) groups excluding carboxylic acids is 2. The molecule has 0 saturated carbocycles. The van der Waals surface area contributed by atoms with Crippen LogP contribution in [0.5, 0.6) is 17.2 Å². The van der Waals surface area contributed by atoms with Crippen LogP contribution in [0.1, 0.15) is 11.1 Å². The van der Waals surface area contributed by atoms with Gasteiger partial charge < -0.3 is 14.2 Å². The zero-order chi connectivity index (χ0) is 18.5. The molecule has 0 amide bonds. The normalized spacial score (nSPS) is 13.1. The number of hydrogen-bond acceptors (Lipinski definition) is 5. The minimum atomic E-state index is -0.308. The van der Waals surface area contributed by atoms with Gasteiger partial charge in [0.05, 0.1) is 19.8 Å². The molecule has 0 aromatic heterocycles. The Kier molecular flexibility index (Phi) is 5.17. The van der Waals surface area contributed by atoms with E-state index in [0.29, 0.717) is 29.4 Å². The van der Waals surface area contributed by atoms with Crippen molar-refractivity contribution < 1.29 is 23.8 Å². The molecular weight excluding hydrogens is 332 g/mol. The highest BCUT2D eigenvalue weighted by molar-refractivity contribution is 6.35. The maximum atomic E-state index is 11.8. The lowest BCUT2D eigenvalue weighted by Crippen LogP contribution is -2.02. The fraction of sp³-hybridized carbons (Fsp3) is 0.143. The van der Waals surface area contributed by atoms with Gasteiger partial charge in [-0.3, -0.25) is 9.59 Å². The number of hydrogen-bond donors (Lipinski definition) is 0. The summed E-state index contributed by atoms with van der Waals surface area (Å²) < 4.78 is 16.7. The van der Waals surface area contributed by atoms with Gasteiger partial charge in [0.15, 0.2) is 23.1 Å². The van der Waals surface area contributed by atoms with Crippen molar-refractivity contribution in [1.29, 1.82) is 0 Å². The molecule has 0 N–H and O–H groups in total. The molecule has 0 radical (unpaired) electrons. The Labute approximate surface area is 151 Å². The summed E-state index contributed by atoms with van der Waals surface area (Å²) in [4.78, 5) is 23.5. The molecule has 2 aromatic carbocycles. The Balaban J connectivity index is 1.92. The molecule has 2 aromatic rings. The van der Waals surface area contributed by atoms with E-state index < -0.39 is 0 Å². The quantitative estimate of drug-likeness (QED) is 0.590. The summed E-state index contributed by atoms with van der Waals surface area (Å²) in [5.74, 6) is 0.758. The van der Waals surface area contributed by atoms with Crippen LogP contribution in [-0.4, -0.2) is 25.8 Å². The highest BCUT2D eigenvalue weighted by atomic mass is 16.5. The summed E-state index contributed by atoms with van der Waals surface area (Å²) in [5, 5.41) is 0. The second-order valence-electron chi connectivity index (χ2n) is 5.65. The lowest BCUT2D eigenvalue weighted by atomic mass is 10.1. The molecule has 3 rings (SSSR count). The molecular formula is C21H18O5. The first-order valence-electron chi connectivity index (χ1n) is 8.03. The Morgan fingerprint density at radius 2 is 1.46 bits per heavy atom. The largest absolute Gasteiger partial charge is 0.493 e. The first-order valence-corrected chi connectivity index (χ1v) is 8.03.